The van der Waals surface area contributed by atoms with Gasteiger partial charge in [0.15, 0.2) is 0 Å². The summed E-state index contributed by atoms with van der Waals surface area (Å²) in [4.78, 5) is 11.5. The van der Waals surface area contributed by atoms with Gasteiger partial charge in [-0.2, -0.15) is 0 Å². The molecule has 18 heavy (non-hydrogen) atoms. The summed E-state index contributed by atoms with van der Waals surface area (Å²) in [6.45, 7) is 5.64. The van der Waals surface area contributed by atoms with E-state index in [1.807, 2.05) is 39.0 Å². The quantitative estimate of drug-likeness (QED) is 0.867. The van der Waals surface area contributed by atoms with Gasteiger partial charge in [0.25, 0.3) is 0 Å². The van der Waals surface area contributed by atoms with E-state index in [1.54, 1.807) is 7.11 Å². The maximum Gasteiger partial charge on any atom is 0.325 e. The van der Waals surface area contributed by atoms with Crippen molar-refractivity contribution in [2.75, 3.05) is 19.0 Å². The highest BCUT2D eigenvalue weighted by atomic mass is 79.9. The Labute approximate surface area is 116 Å². The van der Waals surface area contributed by atoms with E-state index in [1.165, 1.54) is 0 Å². The van der Waals surface area contributed by atoms with Gasteiger partial charge >= 0.3 is 5.97 Å². The van der Waals surface area contributed by atoms with E-state index in [4.69, 9.17) is 9.47 Å². The number of ether oxygens (including phenoxy) is 2. The molecular weight excluding hydrogens is 298 g/mol. The molecule has 0 aliphatic rings. The first kappa shape index (κ1) is 14.8. The highest BCUT2D eigenvalue weighted by Gasteiger charge is 2.15. The fourth-order valence-electron chi connectivity index (χ4n) is 1.33. The van der Waals surface area contributed by atoms with Crippen molar-refractivity contribution < 1.29 is 14.3 Å². The second-order valence-corrected chi connectivity index (χ2v) is 5.74. The van der Waals surface area contributed by atoms with Crippen LogP contribution in [0.15, 0.2) is 22.7 Å². The summed E-state index contributed by atoms with van der Waals surface area (Å²) in [6, 6.07) is 5.53. The number of nitrogens with one attached hydrogen (secondary N) is 1. The van der Waals surface area contributed by atoms with Gasteiger partial charge < -0.3 is 14.8 Å². The first-order valence-corrected chi connectivity index (χ1v) is 6.40. The Morgan fingerprint density at radius 1 is 1.33 bits per heavy atom. The fraction of sp³-hybridized carbons (Fsp3) is 0.462. The van der Waals surface area contributed by atoms with Crippen molar-refractivity contribution in [2.45, 2.75) is 26.4 Å². The topological polar surface area (TPSA) is 47.6 Å². The average molecular weight is 316 g/mol. The van der Waals surface area contributed by atoms with Crippen LogP contribution >= 0.6 is 15.9 Å². The number of hydrogen-bond donors (Lipinski definition) is 1. The van der Waals surface area contributed by atoms with Gasteiger partial charge in [-0.25, -0.2) is 0 Å². The van der Waals surface area contributed by atoms with Crippen molar-refractivity contribution in [1.82, 2.24) is 0 Å². The third-order valence-corrected chi connectivity index (χ3v) is 2.42. The Kier molecular flexibility index (Phi) is 5.02. The summed E-state index contributed by atoms with van der Waals surface area (Å²) in [5, 5.41) is 3.00. The van der Waals surface area contributed by atoms with Gasteiger partial charge in [-0.3, -0.25) is 4.79 Å². The van der Waals surface area contributed by atoms with Crippen LogP contribution in [-0.4, -0.2) is 25.2 Å². The minimum absolute atomic E-state index is 0.122. The molecule has 0 saturated heterocycles. The van der Waals surface area contributed by atoms with E-state index in [9.17, 15) is 4.79 Å². The summed E-state index contributed by atoms with van der Waals surface area (Å²) in [5.41, 5.74) is 0.334. The molecule has 1 N–H and O–H groups in total. The van der Waals surface area contributed by atoms with Crippen LogP contribution in [0.4, 0.5) is 5.69 Å². The number of methoxy groups -OCH3 is 1. The molecule has 0 heterocycles. The van der Waals surface area contributed by atoms with Crippen molar-refractivity contribution in [3.63, 3.8) is 0 Å². The Bertz CT molecular complexity index is 427. The molecule has 0 aliphatic carbocycles. The van der Waals surface area contributed by atoms with E-state index >= 15 is 0 Å². The summed E-state index contributed by atoms with van der Waals surface area (Å²) in [7, 11) is 1.60. The number of esters is 1. The van der Waals surface area contributed by atoms with Crippen molar-refractivity contribution in [2.24, 2.45) is 0 Å². The third kappa shape index (κ3) is 5.40. The lowest BCUT2D eigenvalue weighted by atomic mass is 10.2. The molecular formula is C13H18BrNO3. The summed E-state index contributed by atoms with van der Waals surface area (Å²) in [6.07, 6.45) is 0. The SMILES string of the molecule is COc1cc(Br)cc(NCC(=O)OC(C)(C)C)c1. The molecule has 0 aliphatic heterocycles. The minimum atomic E-state index is -0.465. The van der Waals surface area contributed by atoms with Crippen molar-refractivity contribution >= 4 is 27.6 Å². The van der Waals surface area contributed by atoms with Crippen LogP contribution in [0, 0.1) is 0 Å². The van der Waals surface area contributed by atoms with Gasteiger partial charge in [-0.05, 0) is 32.9 Å². The average Bonchev–Trinajstić information content (AvgIpc) is 2.23. The number of halogens is 1. The first-order chi connectivity index (χ1) is 8.30. The number of rotatable bonds is 4. The lowest BCUT2D eigenvalue weighted by Gasteiger charge is -2.19. The van der Waals surface area contributed by atoms with Crippen molar-refractivity contribution in [1.29, 1.82) is 0 Å². The molecule has 0 saturated carbocycles. The number of anilines is 1. The molecule has 0 aromatic heterocycles. The second kappa shape index (κ2) is 6.09. The molecule has 5 heteroatoms. The standard InChI is InChI=1S/C13H18BrNO3/c1-13(2,3)18-12(16)8-15-10-5-9(14)6-11(7-10)17-4/h5-7,15H,8H2,1-4H3. The van der Waals surface area contributed by atoms with Gasteiger partial charge in [0.1, 0.15) is 17.9 Å². The van der Waals surface area contributed by atoms with Crippen LogP contribution < -0.4 is 10.1 Å². The van der Waals surface area contributed by atoms with Crippen LogP contribution in [0.25, 0.3) is 0 Å². The van der Waals surface area contributed by atoms with Crippen LogP contribution in [0.2, 0.25) is 0 Å². The van der Waals surface area contributed by atoms with Crippen LogP contribution in [-0.2, 0) is 9.53 Å². The van der Waals surface area contributed by atoms with E-state index < -0.39 is 5.60 Å². The van der Waals surface area contributed by atoms with E-state index in [-0.39, 0.29) is 12.5 Å². The molecule has 0 fully saturated rings. The zero-order valence-corrected chi connectivity index (χ0v) is 12.6. The number of carbonyl (C=O) groups is 1. The zero-order chi connectivity index (χ0) is 13.8. The smallest absolute Gasteiger partial charge is 0.325 e. The predicted octanol–water partition coefficient (Wildman–Crippen LogP) is 3.21. The maximum atomic E-state index is 11.5. The van der Waals surface area contributed by atoms with Crippen LogP contribution in [0.1, 0.15) is 20.8 Å². The molecule has 0 bridgehead atoms. The van der Waals surface area contributed by atoms with E-state index in [2.05, 4.69) is 21.2 Å². The lowest BCUT2D eigenvalue weighted by Crippen LogP contribution is -2.28. The molecule has 4 nitrogen and oxygen atoms in total. The van der Waals surface area contributed by atoms with Gasteiger partial charge in [-0.1, -0.05) is 15.9 Å². The largest absolute Gasteiger partial charge is 0.497 e. The first-order valence-electron chi connectivity index (χ1n) is 5.60. The second-order valence-electron chi connectivity index (χ2n) is 4.82. The normalized spacial score (nSPS) is 10.9. The minimum Gasteiger partial charge on any atom is -0.497 e. The molecule has 0 radical (unpaired) electrons. The maximum absolute atomic E-state index is 11.5. The highest BCUT2D eigenvalue weighted by molar-refractivity contribution is 9.10. The third-order valence-electron chi connectivity index (χ3n) is 1.96. The Balaban J connectivity index is 2.58. The molecule has 0 atom stereocenters. The van der Waals surface area contributed by atoms with Gasteiger partial charge in [0, 0.05) is 16.2 Å². The zero-order valence-electron chi connectivity index (χ0n) is 11.0. The molecule has 1 rings (SSSR count). The highest BCUT2D eigenvalue weighted by Crippen LogP contribution is 2.24. The Hall–Kier alpha value is -1.23. The van der Waals surface area contributed by atoms with Gasteiger partial charge in [-0.15, -0.1) is 0 Å². The molecule has 0 amide bonds. The molecule has 0 spiro atoms. The van der Waals surface area contributed by atoms with E-state index in [0.717, 1.165) is 15.9 Å². The number of hydrogen-bond acceptors (Lipinski definition) is 4. The van der Waals surface area contributed by atoms with Crippen LogP contribution in [0.3, 0.4) is 0 Å². The number of carbonyl (C=O) groups excluding carboxylic acids is 1. The summed E-state index contributed by atoms with van der Waals surface area (Å²) >= 11 is 3.37. The van der Waals surface area contributed by atoms with Gasteiger partial charge in [0.05, 0.1) is 7.11 Å². The predicted molar refractivity (Wildman–Crippen MR) is 75.0 cm³/mol. The number of benzene rings is 1. The molecule has 100 valence electrons. The fourth-order valence-corrected chi connectivity index (χ4v) is 1.81. The van der Waals surface area contributed by atoms with E-state index in [0.29, 0.717) is 0 Å². The molecule has 1 aromatic rings. The van der Waals surface area contributed by atoms with Gasteiger partial charge in [0.2, 0.25) is 0 Å². The summed E-state index contributed by atoms with van der Waals surface area (Å²) < 4.78 is 11.2. The van der Waals surface area contributed by atoms with Crippen molar-refractivity contribution in [3.8, 4) is 5.75 Å². The molecule has 1 aromatic carbocycles. The summed E-state index contributed by atoms with van der Waals surface area (Å²) in [5.74, 6) is 0.428. The monoisotopic (exact) mass is 315 g/mol. The van der Waals surface area contributed by atoms with Crippen molar-refractivity contribution in [3.05, 3.63) is 22.7 Å². The Morgan fingerprint density at radius 3 is 2.56 bits per heavy atom. The molecule has 0 unspecified atom stereocenters. The Morgan fingerprint density at radius 2 is 2.00 bits per heavy atom. The van der Waals surface area contributed by atoms with Crippen LogP contribution in [0.5, 0.6) is 5.75 Å². The lowest BCUT2D eigenvalue weighted by molar-refractivity contribution is -0.152.